The molecule has 1 aromatic heterocycles. The zero-order valence-corrected chi connectivity index (χ0v) is 14.5. The van der Waals surface area contributed by atoms with Crippen LogP contribution >= 0.6 is 0 Å². The summed E-state index contributed by atoms with van der Waals surface area (Å²) in [6.07, 6.45) is 5.80. The summed E-state index contributed by atoms with van der Waals surface area (Å²) in [6, 6.07) is 0. The number of hydrogen-bond donors (Lipinski definition) is 3. The van der Waals surface area contributed by atoms with E-state index >= 15 is 0 Å². The van der Waals surface area contributed by atoms with Crippen LogP contribution in [0.25, 0.3) is 0 Å². The number of rotatable bonds is 6. The predicted octanol–water partition coefficient (Wildman–Crippen LogP) is -0.457. The number of morpholine rings is 1. The van der Waals surface area contributed by atoms with Crippen molar-refractivity contribution < 1.29 is 14.3 Å². The Kier molecular flexibility index (Phi) is 6.41. The summed E-state index contributed by atoms with van der Waals surface area (Å²) in [6.45, 7) is 4.42. The van der Waals surface area contributed by atoms with Crippen LogP contribution in [0.2, 0.25) is 0 Å². The molecule has 3 heterocycles. The van der Waals surface area contributed by atoms with Gasteiger partial charge in [-0.2, -0.15) is 0 Å². The fourth-order valence-corrected chi connectivity index (χ4v) is 3.42. The molecule has 2 atom stereocenters. The first-order chi connectivity index (χ1) is 12.2. The number of nitrogens with zero attached hydrogens (tertiary/aromatic N) is 2. The molecule has 2 aliphatic rings. The minimum Gasteiger partial charge on any atom is -0.378 e. The molecular weight excluding hydrogens is 322 g/mol. The van der Waals surface area contributed by atoms with Crippen molar-refractivity contribution in [2.75, 3.05) is 45.9 Å². The van der Waals surface area contributed by atoms with E-state index in [1.165, 1.54) is 0 Å². The van der Waals surface area contributed by atoms with Gasteiger partial charge in [0, 0.05) is 51.5 Å². The normalized spacial score (nSPS) is 24.1. The van der Waals surface area contributed by atoms with Crippen molar-refractivity contribution in [3.63, 3.8) is 0 Å². The molecule has 25 heavy (non-hydrogen) atoms. The van der Waals surface area contributed by atoms with Crippen LogP contribution in [0.5, 0.6) is 0 Å². The molecule has 3 N–H and O–H groups in total. The van der Waals surface area contributed by atoms with Crippen molar-refractivity contribution in [1.82, 2.24) is 25.5 Å². The van der Waals surface area contributed by atoms with Crippen LogP contribution in [-0.4, -0.2) is 72.6 Å². The van der Waals surface area contributed by atoms with Crippen molar-refractivity contribution in [2.45, 2.75) is 19.3 Å². The third kappa shape index (κ3) is 5.02. The van der Waals surface area contributed by atoms with E-state index in [2.05, 4.69) is 20.6 Å². The number of imidazole rings is 1. The highest BCUT2D eigenvalue weighted by Crippen LogP contribution is 2.19. The minimum atomic E-state index is -0.146. The number of aromatic amines is 1. The van der Waals surface area contributed by atoms with Gasteiger partial charge in [0.1, 0.15) is 5.82 Å². The number of nitrogens with one attached hydrogen (secondary N) is 3. The molecule has 2 fully saturated rings. The molecule has 138 valence electrons. The van der Waals surface area contributed by atoms with Gasteiger partial charge in [-0.1, -0.05) is 0 Å². The summed E-state index contributed by atoms with van der Waals surface area (Å²) in [5.41, 5.74) is 0. The second-order valence-electron chi connectivity index (χ2n) is 6.66. The number of carbonyl (C=O) groups is 2. The fourth-order valence-electron chi connectivity index (χ4n) is 3.42. The Labute approximate surface area is 147 Å². The van der Waals surface area contributed by atoms with Crippen LogP contribution in [0.15, 0.2) is 12.4 Å². The van der Waals surface area contributed by atoms with Crippen LogP contribution in [-0.2, 0) is 20.7 Å². The van der Waals surface area contributed by atoms with Gasteiger partial charge in [-0.05, 0) is 12.8 Å². The molecule has 2 saturated heterocycles. The Balaban J connectivity index is 1.40. The topological polar surface area (TPSA) is 99.3 Å². The molecule has 2 unspecified atom stereocenters. The molecule has 1 aromatic rings. The quantitative estimate of drug-likeness (QED) is 0.604. The average molecular weight is 349 g/mol. The summed E-state index contributed by atoms with van der Waals surface area (Å²) in [5.74, 6) is 0.848. The molecule has 0 aromatic carbocycles. The predicted molar refractivity (Wildman–Crippen MR) is 91.8 cm³/mol. The van der Waals surface area contributed by atoms with Crippen molar-refractivity contribution >= 4 is 11.8 Å². The summed E-state index contributed by atoms with van der Waals surface area (Å²) in [4.78, 5) is 34.1. The average Bonchev–Trinajstić information content (AvgIpc) is 3.19. The molecule has 2 aliphatic heterocycles. The third-order valence-electron chi connectivity index (χ3n) is 4.84. The number of aromatic nitrogens is 2. The van der Waals surface area contributed by atoms with E-state index in [-0.39, 0.29) is 23.7 Å². The molecule has 0 bridgehead atoms. The van der Waals surface area contributed by atoms with E-state index in [0.717, 1.165) is 18.7 Å². The Morgan fingerprint density at radius 1 is 1.28 bits per heavy atom. The number of hydrogen-bond acceptors (Lipinski definition) is 5. The number of amides is 2. The molecule has 2 amide bonds. The van der Waals surface area contributed by atoms with E-state index < -0.39 is 0 Å². The summed E-state index contributed by atoms with van der Waals surface area (Å²) in [5, 5.41) is 6.23. The molecule has 8 heteroatoms. The first-order valence-corrected chi connectivity index (χ1v) is 9.07. The molecule has 3 rings (SSSR count). The maximum atomic E-state index is 12.6. The lowest BCUT2D eigenvalue weighted by atomic mass is 9.88. The molecule has 0 aliphatic carbocycles. The van der Waals surface area contributed by atoms with Crippen LogP contribution in [0.3, 0.4) is 0 Å². The standard InChI is InChI=1S/C17H27N5O3/c23-16(21-3-1-2-15-19-4-5-20-15)13-10-14(12-18-11-13)17(24)22-6-8-25-9-7-22/h4-5,13-14,18H,1-3,6-12H2,(H,19,20)(H,21,23). The number of piperidine rings is 1. The van der Waals surface area contributed by atoms with E-state index in [1.54, 1.807) is 12.4 Å². The van der Waals surface area contributed by atoms with Gasteiger partial charge in [-0.3, -0.25) is 9.59 Å². The molecule has 8 nitrogen and oxygen atoms in total. The summed E-state index contributed by atoms with van der Waals surface area (Å²) >= 11 is 0. The Hall–Kier alpha value is -1.93. The molecule has 0 radical (unpaired) electrons. The fraction of sp³-hybridized carbons (Fsp3) is 0.706. The van der Waals surface area contributed by atoms with Gasteiger partial charge in [0.25, 0.3) is 0 Å². The maximum absolute atomic E-state index is 12.6. The Morgan fingerprint density at radius 3 is 2.84 bits per heavy atom. The van der Waals surface area contributed by atoms with Gasteiger partial charge in [0.2, 0.25) is 11.8 Å². The Bertz CT molecular complexity index is 557. The van der Waals surface area contributed by atoms with Crippen molar-refractivity contribution in [2.24, 2.45) is 11.8 Å². The number of aryl methyl sites for hydroxylation is 1. The van der Waals surface area contributed by atoms with Crippen molar-refractivity contribution in [3.8, 4) is 0 Å². The third-order valence-corrected chi connectivity index (χ3v) is 4.84. The zero-order chi connectivity index (χ0) is 17.5. The van der Waals surface area contributed by atoms with Gasteiger partial charge in [-0.25, -0.2) is 4.98 Å². The van der Waals surface area contributed by atoms with Gasteiger partial charge in [0.15, 0.2) is 0 Å². The zero-order valence-electron chi connectivity index (χ0n) is 14.5. The summed E-state index contributed by atoms with van der Waals surface area (Å²) < 4.78 is 5.30. The Morgan fingerprint density at radius 2 is 2.08 bits per heavy atom. The minimum absolute atomic E-state index is 0.0337. The highest BCUT2D eigenvalue weighted by molar-refractivity contribution is 5.83. The maximum Gasteiger partial charge on any atom is 0.227 e. The van der Waals surface area contributed by atoms with Crippen LogP contribution in [0, 0.1) is 11.8 Å². The smallest absolute Gasteiger partial charge is 0.227 e. The highest BCUT2D eigenvalue weighted by atomic mass is 16.5. The van der Waals surface area contributed by atoms with E-state index in [0.29, 0.717) is 52.4 Å². The second kappa shape index (κ2) is 8.96. The molecule has 0 saturated carbocycles. The van der Waals surface area contributed by atoms with Crippen LogP contribution < -0.4 is 10.6 Å². The first kappa shape index (κ1) is 17.9. The van der Waals surface area contributed by atoms with Crippen LogP contribution in [0.4, 0.5) is 0 Å². The van der Waals surface area contributed by atoms with Gasteiger partial charge < -0.3 is 25.3 Å². The van der Waals surface area contributed by atoms with Crippen molar-refractivity contribution in [1.29, 1.82) is 0 Å². The number of ether oxygens (including phenoxy) is 1. The second-order valence-corrected chi connectivity index (χ2v) is 6.66. The van der Waals surface area contributed by atoms with Crippen LogP contribution in [0.1, 0.15) is 18.7 Å². The first-order valence-electron chi connectivity index (χ1n) is 9.07. The number of carbonyl (C=O) groups excluding carboxylic acids is 2. The monoisotopic (exact) mass is 349 g/mol. The lowest BCUT2D eigenvalue weighted by Gasteiger charge is -2.34. The van der Waals surface area contributed by atoms with E-state index in [1.807, 2.05) is 4.90 Å². The molecular formula is C17H27N5O3. The number of H-pyrrole nitrogens is 1. The van der Waals surface area contributed by atoms with Gasteiger partial charge in [0.05, 0.1) is 25.0 Å². The largest absolute Gasteiger partial charge is 0.378 e. The van der Waals surface area contributed by atoms with Gasteiger partial charge in [-0.15, -0.1) is 0 Å². The lowest BCUT2D eigenvalue weighted by molar-refractivity contribution is -0.141. The van der Waals surface area contributed by atoms with Gasteiger partial charge >= 0.3 is 0 Å². The van der Waals surface area contributed by atoms with E-state index in [4.69, 9.17) is 4.74 Å². The lowest BCUT2D eigenvalue weighted by Crippen LogP contribution is -2.51. The summed E-state index contributed by atoms with van der Waals surface area (Å²) in [7, 11) is 0. The molecule has 0 spiro atoms. The highest BCUT2D eigenvalue weighted by Gasteiger charge is 2.33. The SMILES string of the molecule is O=C(NCCCc1ncc[nH]1)C1CNCC(C(=O)N2CCOCC2)C1. The van der Waals surface area contributed by atoms with E-state index in [9.17, 15) is 9.59 Å². The van der Waals surface area contributed by atoms with Crippen molar-refractivity contribution in [3.05, 3.63) is 18.2 Å².